The molecule has 0 saturated heterocycles. The number of rotatable bonds is 6. The summed E-state index contributed by atoms with van der Waals surface area (Å²) in [6.45, 7) is 4.85. The zero-order valence-corrected chi connectivity index (χ0v) is 13.2. The van der Waals surface area contributed by atoms with Crippen LogP contribution in [0.3, 0.4) is 0 Å². The summed E-state index contributed by atoms with van der Waals surface area (Å²) in [6.07, 6.45) is 2.13. The van der Waals surface area contributed by atoms with E-state index in [2.05, 4.69) is 37.3 Å². The Morgan fingerprint density at radius 3 is 2.61 bits per heavy atom. The zero-order chi connectivity index (χ0) is 13.7. The molecule has 0 radical (unpaired) electrons. The molecule has 2 unspecified atom stereocenters. The summed E-state index contributed by atoms with van der Waals surface area (Å²) < 4.78 is 0. The van der Waals surface area contributed by atoms with E-state index in [0.717, 1.165) is 16.3 Å². The van der Waals surface area contributed by atoms with Crippen molar-refractivity contribution < 1.29 is 0 Å². The molecule has 4 heteroatoms. The smallest absolute Gasteiger partial charge is 0.0471 e. The van der Waals surface area contributed by atoms with Gasteiger partial charge in [0.2, 0.25) is 0 Å². The molecule has 0 aromatic heterocycles. The van der Waals surface area contributed by atoms with Crippen LogP contribution in [0.15, 0.2) is 18.2 Å². The van der Waals surface area contributed by atoms with E-state index in [9.17, 15) is 0 Å². The van der Waals surface area contributed by atoms with Gasteiger partial charge >= 0.3 is 0 Å². The predicted octanol–water partition coefficient (Wildman–Crippen LogP) is 3.33. The average Bonchev–Trinajstić information content (AvgIpc) is 2.34. The number of aryl methyl sites for hydroxylation is 1. The Hall–Kier alpha value is -0.220. The van der Waals surface area contributed by atoms with E-state index in [-0.39, 0.29) is 6.04 Å². The van der Waals surface area contributed by atoms with Crippen molar-refractivity contribution in [2.45, 2.75) is 25.9 Å². The molecule has 2 atom stereocenters. The Bertz CT molecular complexity index is 384. The van der Waals surface area contributed by atoms with E-state index in [1.807, 2.05) is 24.8 Å². The number of benzene rings is 1. The van der Waals surface area contributed by atoms with E-state index in [0.29, 0.717) is 12.6 Å². The molecule has 1 aromatic carbocycles. The van der Waals surface area contributed by atoms with Crippen LogP contribution in [-0.2, 0) is 0 Å². The average molecular weight is 287 g/mol. The molecule has 0 amide bonds. The minimum Gasteiger partial charge on any atom is -0.329 e. The van der Waals surface area contributed by atoms with Gasteiger partial charge in [-0.2, -0.15) is 11.8 Å². The SMILES string of the molecule is CSCC(C)N(C)C(CN)c1ccc(C)c(Cl)c1. The molecule has 2 N–H and O–H groups in total. The van der Waals surface area contributed by atoms with Crippen molar-refractivity contribution in [3.05, 3.63) is 34.3 Å². The molecule has 1 rings (SSSR count). The van der Waals surface area contributed by atoms with Gasteiger partial charge in [0.05, 0.1) is 0 Å². The fourth-order valence-corrected chi connectivity index (χ4v) is 2.93. The normalized spacial score (nSPS) is 14.8. The van der Waals surface area contributed by atoms with Gasteiger partial charge in [0, 0.05) is 29.4 Å². The number of halogens is 1. The Morgan fingerprint density at radius 2 is 2.11 bits per heavy atom. The van der Waals surface area contributed by atoms with Gasteiger partial charge < -0.3 is 5.73 Å². The molecule has 0 spiro atoms. The van der Waals surface area contributed by atoms with E-state index in [1.54, 1.807) is 0 Å². The molecule has 0 saturated carbocycles. The van der Waals surface area contributed by atoms with Gasteiger partial charge in [0.25, 0.3) is 0 Å². The summed E-state index contributed by atoms with van der Waals surface area (Å²) in [5.74, 6) is 1.10. The molecule has 102 valence electrons. The topological polar surface area (TPSA) is 29.3 Å². The van der Waals surface area contributed by atoms with Crippen molar-refractivity contribution in [2.75, 3.05) is 25.6 Å². The molecule has 0 bridgehead atoms. The van der Waals surface area contributed by atoms with E-state index >= 15 is 0 Å². The molecule has 0 heterocycles. The molecule has 1 aromatic rings. The third-order valence-electron chi connectivity index (χ3n) is 3.40. The quantitative estimate of drug-likeness (QED) is 0.870. The second-order valence-electron chi connectivity index (χ2n) is 4.73. The second kappa shape index (κ2) is 7.39. The third-order valence-corrected chi connectivity index (χ3v) is 4.62. The number of thioether (sulfide) groups is 1. The van der Waals surface area contributed by atoms with E-state index in [1.165, 1.54) is 5.56 Å². The number of nitrogens with two attached hydrogens (primary N) is 1. The van der Waals surface area contributed by atoms with Gasteiger partial charge in [-0.25, -0.2) is 0 Å². The first kappa shape index (κ1) is 15.8. The lowest BCUT2D eigenvalue weighted by Gasteiger charge is -2.32. The number of likely N-dealkylation sites (N-methyl/N-ethyl adjacent to an activating group) is 1. The number of hydrogen-bond donors (Lipinski definition) is 1. The summed E-state index contributed by atoms with van der Waals surface area (Å²) in [5.41, 5.74) is 8.24. The Morgan fingerprint density at radius 1 is 1.44 bits per heavy atom. The maximum absolute atomic E-state index is 6.20. The van der Waals surface area contributed by atoms with Crippen LogP contribution < -0.4 is 5.73 Å². The molecular weight excluding hydrogens is 264 g/mol. The van der Waals surface area contributed by atoms with Crippen molar-refractivity contribution in [3.63, 3.8) is 0 Å². The molecule has 2 nitrogen and oxygen atoms in total. The Balaban J connectivity index is 2.91. The summed E-state index contributed by atoms with van der Waals surface area (Å²) in [5, 5.41) is 0.817. The van der Waals surface area contributed by atoms with Gasteiger partial charge in [-0.05, 0) is 44.3 Å². The summed E-state index contributed by atoms with van der Waals surface area (Å²) in [7, 11) is 2.13. The molecule has 0 aliphatic carbocycles. The summed E-state index contributed by atoms with van der Waals surface area (Å²) >= 11 is 8.06. The van der Waals surface area contributed by atoms with Gasteiger partial charge in [-0.3, -0.25) is 4.90 Å². The maximum Gasteiger partial charge on any atom is 0.0471 e. The van der Waals surface area contributed by atoms with Crippen molar-refractivity contribution in [3.8, 4) is 0 Å². The minimum absolute atomic E-state index is 0.227. The molecule has 0 aliphatic heterocycles. The largest absolute Gasteiger partial charge is 0.329 e. The highest BCUT2D eigenvalue weighted by atomic mass is 35.5. The summed E-state index contributed by atoms with van der Waals surface area (Å²) in [4.78, 5) is 2.33. The molecular formula is C14H23ClN2S. The van der Waals surface area contributed by atoms with Crippen LogP contribution >= 0.6 is 23.4 Å². The van der Waals surface area contributed by atoms with Gasteiger partial charge in [-0.15, -0.1) is 0 Å². The molecule has 0 aliphatic rings. The first-order valence-electron chi connectivity index (χ1n) is 6.18. The monoisotopic (exact) mass is 286 g/mol. The number of nitrogens with zero attached hydrogens (tertiary/aromatic N) is 1. The van der Waals surface area contributed by atoms with Gasteiger partial charge in [0.15, 0.2) is 0 Å². The van der Waals surface area contributed by atoms with Crippen LogP contribution in [0, 0.1) is 6.92 Å². The fourth-order valence-electron chi connectivity index (χ4n) is 2.02. The molecule has 18 heavy (non-hydrogen) atoms. The highest BCUT2D eigenvalue weighted by Crippen LogP contribution is 2.25. The van der Waals surface area contributed by atoms with Crippen LogP contribution in [0.1, 0.15) is 24.1 Å². The van der Waals surface area contributed by atoms with Crippen LogP contribution in [0.5, 0.6) is 0 Å². The first-order chi connectivity index (χ1) is 8.51. The van der Waals surface area contributed by atoms with Crippen LogP contribution in [0.4, 0.5) is 0 Å². The van der Waals surface area contributed by atoms with Gasteiger partial charge in [-0.1, -0.05) is 23.7 Å². The van der Waals surface area contributed by atoms with Crippen LogP contribution in [0.2, 0.25) is 5.02 Å². The highest BCUT2D eigenvalue weighted by molar-refractivity contribution is 7.98. The number of hydrogen-bond acceptors (Lipinski definition) is 3. The maximum atomic E-state index is 6.20. The highest BCUT2D eigenvalue weighted by Gasteiger charge is 2.20. The van der Waals surface area contributed by atoms with Crippen molar-refractivity contribution >= 4 is 23.4 Å². The van der Waals surface area contributed by atoms with E-state index in [4.69, 9.17) is 17.3 Å². The second-order valence-corrected chi connectivity index (χ2v) is 6.05. The van der Waals surface area contributed by atoms with Crippen LogP contribution in [0.25, 0.3) is 0 Å². The minimum atomic E-state index is 0.227. The Labute approximate surface area is 120 Å². The lowest BCUT2D eigenvalue weighted by atomic mass is 10.0. The fraction of sp³-hybridized carbons (Fsp3) is 0.571. The standard InChI is InChI=1S/C14H23ClN2S/c1-10-5-6-12(7-13(10)15)14(8-16)17(3)11(2)9-18-4/h5-7,11,14H,8-9,16H2,1-4H3. The van der Waals surface area contributed by atoms with Crippen molar-refractivity contribution in [1.29, 1.82) is 0 Å². The zero-order valence-electron chi connectivity index (χ0n) is 11.6. The lowest BCUT2D eigenvalue weighted by Crippen LogP contribution is -2.38. The van der Waals surface area contributed by atoms with Gasteiger partial charge in [0.1, 0.15) is 0 Å². The first-order valence-corrected chi connectivity index (χ1v) is 7.95. The lowest BCUT2D eigenvalue weighted by molar-refractivity contribution is 0.204. The predicted molar refractivity (Wildman–Crippen MR) is 83.6 cm³/mol. The van der Waals surface area contributed by atoms with Crippen LogP contribution in [-0.4, -0.2) is 36.5 Å². The third kappa shape index (κ3) is 3.89. The Kier molecular flexibility index (Phi) is 6.50. The molecule has 0 fully saturated rings. The van der Waals surface area contributed by atoms with Crippen molar-refractivity contribution in [2.24, 2.45) is 5.73 Å². The van der Waals surface area contributed by atoms with E-state index < -0.39 is 0 Å². The van der Waals surface area contributed by atoms with Crippen molar-refractivity contribution in [1.82, 2.24) is 4.90 Å². The summed E-state index contributed by atoms with van der Waals surface area (Å²) in [6, 6.07) is 6.95.